The van der Waals surface area contributed by atoms with Crippen LogP contribution in [0.5, 0.6) is 0 Å². The Morgan fingerprint density at radius 2 is 1.95 bits per heavy atom. The number of carbonyl (C=O) groups is 1. The largest absolute Gasteiger partial charge is 0.444 e. The molecule has 1 aromatic rings. The summed E-state index contributed by atoms with van der Waals surface area (Å²) in [5.74, 6) is 0.205. The Morgan fingerprint density at radius 3 is 2.50 bits per heavy atom. The Bertz CT molecular complexity index is 504. The maximum absolute atomic E-state index is 12.8. The summed E-state index contributed by atoms with van der Waals surface area (Å²) in [6.07, 6.45) is -0.241. The first-order valence-corrected chi connectivity index (χ1v) is 7.70. The quantitative estimate of drug-likeness (QED) is 0.929. The first kappa shape index (κ1) is 16.7. The van der Waals surface area contributed by atoms with E-state index in [4.69, 9.17) is 4.74 Å². The highest BCUT2D eigenvalue weighted by Gasteiger charge is 2.36. The number of amides is 1. The Morgan fingerprint density at radius 1 is 1.36 bits per heavy atom. The van der Waals surface area contributed by atoms with E-state index in [1.54, 1.807) is 17.0 Å². The van der Waals surface area contributed by atoms with Crippen LogP contribution in [-0.4, -0.2) is 35.7 Å². The number of benzene rings is 1. The minimum atomic E-state index is -0.450. The molecule has 1 aliphatic heterocycles. The standard InChI is InChI=1S/C17H25FN2O2/c1-12(19-9-13-5-7-15(18)8-6-13)14-10-20(11-14)16(21)22-17(2,3)4/h5-8,12,14,19H,9-11H2,1-4H3. The van der Waals surface area contributed by atoms with Crippen LogP contribution < -0.4 is 5.32 Å². The lowest BCUT2D eigenvalue weighted by atomic mass is 9.93. The molecule has 5 heteroatoms. The number of carbonyl (C=O) groups excluding carboxylic acids is 1. The molecule has 2 rings (SSSR count). The second kappa shape index (κ2) is 6.65. The molecule has 1 aliphatic rings. The zero-order chi connectivity index (χ0) is 16.3. The van der Waals surface area contributed by atoms with Crippen LogP contribution in [-0.2, 0) is 11.3 Å². The Balaban J connectivity index is 1.71. The fourth-order valence-electron chi connectivity index (χ4n) is 2.35. The third-order valence-corrected chi connectivity index (χ3v) is 3.81. The molecule has 0 spiro atoms. The van der Waals surface area contributed by atoms with E-state index in [1.165, 1.54) is 12.1 Å². The molecule has 1 heterocycles. The van der Waals surface area contributed by atoms with Crippen molar-refractivity contribution in [2.24, 2.45) is 5.92 Å². The van der Waals surface area contributed by atoms with E-state index >= 15 is 0 Å². The molecule has 0 bridgehead atoms. The predicted octanol–water partition coefficient (Wildman–Crippen LogP) is 3.17. The van der Waals surface area contributed by atoms with E-state index in [0.29, 0.717) is 31.6 Å². The first-order valence-electron chi connectivity index (χ1n) is 7.70. The number of rotatable bonds is 4. The van der Waals surface area contributed by atoms with Crippen molar-refractivity contribution in [2.45, 2.75) is 45.9 Å². The van der Waals surface area contributed by atoms with Gasteiger partial charge in [-0.05, 0) is 45.4 Å². The molecule has 1 aromatic carbocycles. The Labute approximate surface area is 131 Å². The highest BCUT2D eigenvalue weighted by Crippen LogP contribution is 2.22. The van der Waals surface area contributed by atoms with Crippen molar-refractivity contribution in [3.05, 3.63) is 35.6 Å². The number of hydrogen-bond acceptors (Lipinski definition) is 3. The molecule has 0 radical (unpaired) electrons. The zero-order valence-corrected chi connectivity index (χ0v) is 13.7. The lowest BCUT2D eigenvalue weighted by molar-refractivity contribution is -0.00579. The van der Waals surface area contributed by atoms with Gasteiger partial charge in [0.2, 0.25) is 0 Å². The maximum Gasteiger partial charge on any atom is 0.410 e. The van der Waals surface area contributed by atoms with Gasteiger partial charge in [0.25, 0.3) is 0 Å². The molecular weight excluding hydrogens is 283 g/mol. The summed E-state index contributed by atoms with van der Waals surface area (Å²) in [5.41, 5.74) is 0.603. The van der Waals surface area contributed by atoms with Gasteiger partial charge in [0.05, 0.1) is 0 Å². The highest BCUT2D eigenvalue weighted by molar-refractivity contribution is 5.69. The van der Waals surface area contributed by atoms with Crippen LogP contribution in [0, 0.1) is 11.7 Å². The SMILES string of the molecule is CC(NCc1ccc(F)cc1)C1CN(C(=O)OC(C)(C)C)C1. The minimum Gasteiger partial charge on any atom is -0.444 e. The lowest BCUT2D eigenvalue weighted by Gasteiger charge is -2.42. The second-order valence-electron chi connectivity index (χ2n) is 6.94. The molecule has 0 saturated carbocycles. The van der Waals surface area contributed by atoms with Crippen molar-refractivity contribution < 1.29 is 13.9 Å². The fraction of sp³-hybridized carbons (Fsp3) is 0.588. The van der Waals surface area contributed by atoms with Crippen molar-refractivity contribution in [3.63, 3.8) is 0 Å². The Kier molecular flexibility index (Phi) is 5.06. The Hall–Kier alpha value is -1.62. The van der Waals surface area contributed by atoms with Gasteiger partial charge in [-0.15, -0.1) is 0 Å². The van der Waals surface area contributed by atoms with Crippen LogP contribution in [0.25, 0.3) is 0 Å². The number of hydrogen-bond donors (Lipinski definition) is 1. The van der Waals surface area contributed by atoms with Crippen LogP contribution in [0.15, 0.2) is 24.3 Å². The number of nitrogens with zero attached hydrogens (tertiary/aromatic N) is 1. The van der Waals surface area contributed by atoms with E-state index in [1.807, 2.05) is 20.8 Å². The van der Waals surface area contributed by atoms with Gasteiger partial charge >= 0.3 is 6.09 Å². The predicted molar refractivity (Wildman–Crippen MR) is 84.0 cm³/mol. The van der Waals surface area contributed by atoms with Gasteiger partial charge in [0, 0.05) is 31.6 Å². The van der Waals surface area contributed by atoms with E-state index in [-0.39, 0.29) is 11.9 Å². The highest BCUT2D eigenvalue weighted by atomic mass is 19.1. The van der Waals surface area contributed by atoms with Crippen LogP contribution >= 0.6 is 0 Å². The van der Waals surface area contributed by atoms with Gasteiger partial charge in [-0.25, -0.2) is 9.18 Å². The average molecular weight is 308 g/mol. The van der Waals surface area contributed by atoms with Gasteiger partial charge in [-0.2, -0.15) is 0 Å². The molecule has 1 N–H and O–H groups in total. The van der Waals surface area contributed by atoms with Crippen molar-refractivity contribution >= 4 is 6.09 Å². The molecule has 4 nitrogen and oxygen atoms in total. The van der Waals surface area contributed by atoms with Gasteiger partial charge < -0.3 is 15.0 Å². The number of halogens is 1. The van der Waals surface area contributed by atoms with Crippen molar-refractivity contribution in [2.75, 3.05) is 13.1 Å². The van der Waals surface area contributed by atoms with Gasteiger partial charge in [-0.1, -0.05) is 12.1 Å². The van der Waals surface area contributed by atoms with E-state index < -0.39 is 5.60 Å². The molecule has 1 saturated heterocycles. The molecule has 0 aliphatic carbocycles. The van der Waals surface area contributed by atoms with E-state index in [0.717, 1.165) is 5.56 Å². The molecule has 1 fully saturated rings. The van der Waals surface area contributed by atoms with Crippen molar-refractivity contribution in [3.8, 4) is 0 Å². The molecule has 1 atom stereocenters. The van der Waals surface area contributed by atoms with Crippen LogP contribution in [0.2, 0.25) is 0 Å². The molecule has 1 amide bonds. The third-order valence-electron chi connectivity index (χ3n) is 3.81. The van der Waals surface area contributed by atoms with E-state index in [2.05, 4.69) is 12.2 Å². The summed E-state index contributed by atoms with van der Waals surface area (Å²) in [6.45, 7) is 9.85. The second-order valence-corrected chi connectivity index (χ2v) is 6.94. The maximum atomic E-state index is 12.8. The number of nitrogens with one attached hydrogen (secondary N) is 1. The number of ether oxygens (including phenoxy) is 1. The molecule has 122 valence electrons. The minimum absolute atomic E-state index is 0.219. The van der Waals surface area contributed by atoms with Crippen molar-refractivity contribution in [1.29, 1.82) is 0 Å². The summed E-state index contributed by atoms with van der Waals surface area (Å²) in [6, 6.07) is 6.79. The van der Waals surface area contributed by atoms with Gasteiger partial charge in [0.15, 0.2) is 0 Å². The molecule has 0 aromatic heterocycles. The van der Waals surface area contributed by atoms with Gasteiger partial charge in [0.1, 0.15) is 11.4 Å². The summed E-state index contributed by atoms with van der Waals surface area (Å²) >= 11 is 0. The fourth-order valence-corrected chi connectivity index (χ4v) is 2.35. The molecular formula is C17H25FN2O2. The van der Waals surface area contributed by atoms with Crippen LogP contribution in [0.4, 0.5) is 9.18 Å². The first-order chi connectivity index (χ1) is 10.2. The summed E-state index contributed by atoms with van der Waals surface area (Å²) in [5, 5.41) is 3.43. The molecule has 1 unspecified atom stereocenters. The lowest BCUT2D eigenvalue weighted by Crippen LogP contribution is -2.57. The number of likely N-dealkylation sites (tertiary alicyclic amines) is 1. The average Bonchev–Trinajstić information content (AvgIpc) is 2.34. The normalized spacial score (nSPS) is 17.0. The van der Waals surface area contributed by atoms with E-state index in [9.17, 15) is 9.18 Å². The molecule has 22 heavy (non-hydrogen) atoms. The monoisotopic (exact) mass is 308 g/mol. The zero-order valence-electron chi connectivity index (χ0n) is 13.7. The van der Waals surface area contributed by atoms with Crippen LogP contribution in [0.3, 0.4) is 0 Å². The topological polar surface area (TPSA) is 41.6 Å². The summed E-state index contributed by atoms with van der Waals surface area (Å²) in [7, 11) is 0. The summed E-state index contributed by atoms with van der Waals surface area (Å²) < 4.78 is 18.2. The van der Waals surface area contributed by atoms with Gasteiger partial charge in [-0.3, -0.25) is 0 Å². The third kappa shape index (κ3) is 4.70. The smallest absolute Gasteiger partial charge is 0.410 e. The van der Waals surface area contributed by atoms with Crippen molar-refractivity contribution in [1.82, 2.24) is 10.2 Å². The summed E-state index contributed by atoms with van der Waals surface area (Å²) in [4.78, 5) is 13.6. The van der Waals surface area contributed by atoms with Crippen LogP contribution in [0.1, 0.15) is 33.3 Å².